The van der Waals surface area contributed by atoms with Crippen molar-refractivity contribution < 1.29 is 29.4 Å². The Morgan fingerprint density at radius 3 is 1.29 bits per heavy atom. The molecule has 10 rings (SSSR count). The Balaban J connectivity index is 0.000000183. The zero-order valence-electron chi connectivity index (χ0n) is 36.2. The van der Waals surface area contributed by atoms with Gasteiger partial charge in [0.05, 0.1) is 60.7 Å². The lowest BCUT2D eigenvalue weighted by Crippen LogP contribution is -2.42. The van der Waals surface area contributed by atoms with Crippen LogP contribution in [0.3, 0.4) is 0 Å². The smallest absolute Gasteiger partial charge is 0.329 e. The van der Waals surface area contributed by atoms with E-state index in [0.29, 0.717) is 54.6 Å². The van der Waals surface area contributed by atoms with Crippen LogP contribution in [0.1, 0.15) is 65.6 Å². The third kappa shape index (κ3) is 9.34. The van der Waals surface area contributed by atoms with Crippen LogP contribution < -0.4 is 11.4 Å². The van der Waals surface area contributed by atoms with Gasteiger partial charge in [0, 0.05) is 60.8 Å². The monoisotopic (exact) mass is 1090 g/mol. The third-order valence-corrected chi connectivity index (χ3v) is 14.9. The van der Waals surface area contributed by atoms with Crippen LogP contribution in [0.2, 0.25) is 10.0 Å². The van der Waals surface area contributed by atoms with Crippen LogP contribution in [0, 0.1) is 0 Å². The second-order valence-electron chi connectivity index (χ2n) is 16.9. The van der Waals surface area contributed by atoms with Crippen LogP contribution >= 0.6 is 55.1 Å². The van der Waals surface area contributed by atoms with Crippen LogP contribution in [-0.2, 0) is 52.4 Å². The minimum Gasteiger partial charge on any atom is -0.331 e. The first kappa shape index (κ1) is 47.3. The molecule has 354 valence electrons. The lowest BCUT2D eigenvalue weighted by Gasteiger charge is -2.29. The molecule has 2 aromatic heterocycles. The number of amides is 4. The Bertz CT molecular complexity index is 2890. The van der Waals surface area contributed by atoms with Crippen molar-refractivity contribution in [1.82, 2.24) is 37.9 Å². The first-order chi connectivity index (χ1) is 32.7. The number of imidazole rings is 2. The summed E-state index contributed by atoms with van der Waals surface area (Å²) in [6.07, 6.45) is -2.75. The second kappa shape index (κ2) is 19.7. The normalized spacial score (nSPS) is 17.9. The molecule has 4 aliphatic rings. The van der Waals surface area contributed by atoms with Crippen molar-refractivity contribution in [2.24, 2.45) is 0 Å². The summed E-state index contributed by atoms with van der Waals surface area (Å²) in [4.78, 5) is 85.6. The molecule has 0 fully saturated rings. The van der Waals surface area contributed by atoms with E-state index in [1.54, 1.807) is 46.2 Å². The predicted molar refractivity (Wildman–Crippen MR) is 259 cm³/mol. The number of nitrogens with zero attached hydrogens (tertiary/aromatic N) is 8. The summed E-state index contributed by atoms with van der Waals surface area (Å²) in [5.74, 6) is -1.32. The second-order valence-corrected chi connectivity index (χ2v) is 19.5. The molecular formula is C48H44Br2Cl2F2N8O6. The molecule has 0 saturated carbocycles. The summed E-state index contributed by atoms with van der Waals surface area (Å²) in [6.45, 7) is 1.08. The number of alkyl halides is 2. The average Bonchev–Trinajstić information content (AvgIpc) is 3.66. The van der Waals surface area contributed by atoms with Crippen LogP contribution in [0.4, 0.5) is 8.78 Å². The number of aromatic nitrogens is 4. The van der Waals surface area contributed by atoms with Gasteiger partial charge in [-0.3, -0.25) is 37.4 Å². The van der Waals surface area contributed by atoms with Crippen molar-refractivity contribution in [3.8, 4) is 0 Å². The molecule has 0 spiro atoms. The standard InChI is InChI=1S/2C24H21BrClFN4O3.H2/c2*25-18-7-6-16(10-19(18)26)22(32)28-8-9-30-20(14-28)21-23(33)29(11-15-4-2-1-3-5-15)12-17(27)13-31(21)24(30)34;/h2*1-7,10,17H,8-9,11-14H2;1H/t2*17-;/m10./s1. The van der Waals surface area contributed by atoms with Crippen LogP contribution in [0.5, 0.6) is 0 Å². The van der Waals surface area contributed by atoms with Crippen LogP contribution in [0.25, 0.3) is 0 Å². The van der Waals surface area contributed by atoms with Crippen molar-refractivity contribution in [1.29, 1.82) is 0 Å². The Hall–Kier alpha value is -5.82. The SMILES string of the molecule is O=C(c1ccc(Br)c(Cl)c1)N1CCn2c(c3n(c2=O)C[C@@H](F)CN(Cc2ccccc2)C3=O)C1.O=C(c1ccc(Br)c(Cl)c1)N1CCn2c(c3n(c2=O)C[C@H](F)CN(Cc2ccccc2)C3=O)C1.[HH]. The quantitative estimate of drug-likeness (QED) is 0.168. The fraction of sp³-hybridized carbons (Fsp3) is 0.292. The largest absolute Gasteiger partial charge is 0.331 e. The molecule has 4 amide bonds. The van der Waals surface area contributed by atoms with E-state index < -0.39 is 35.5 Å². The topological polar surface area (TPSA) is 135 Å². The highest BCUT2D eigenvalue weighted by Crippen LogP contribution is 2.29. The van der Waals surface area contributed by atoms with Crippen molar-refractivity contribution in [2.75, 3.05) is 26.2 Å². The number of hydrogen-bond donors (Lipinski definition) is 0. The van der Waals surface area contributed by atoms with Gasteiger partial charge in [0.1, 0.15) is 23.7 Å². The summed E-state index contributed by atoms with van der Waals surface area (Å²) in [5, 5.41) is 0.830. The third-order valence-electron chi connectivity index (χ3n) is 12.4. The van der Waals surface area contributed by atoms with Crippen molar-refractivity contribution in [3.05, 3.63) is 182 Å². The van der Waals surface area contributed by atoms with E-state index in [-0.39, 0.29) is 90.1 Å². The Morgan fingerprint density at radius 2 is 0.926 bits per heavy atom. The van der Waals surface area contributed by atoms with Gasteiger partial charge >= 0.3 is 11.4 Å². The van der Waals surface area contributed by atoms with E-state index in [9.17, 15) is 37.5 Å². The summed E-state index contributed by atoms with van der Waals surface area (Å²) in [7, 11) is 0. The highest BCUT2D eigenvalue weighted by Gasteiger charge is 2.39. The van der Waals surface area contributed by atoms with Gasteiger partial charge < -0.3 is 19.6 Å². The molecule has 68 heavy (non-hydrogen) atoms. The minimum atomic E-state index is -1.38. The number of carbonyl (C=O) groups is 4. The Labute approximate surface area is 416 Å². The lowest BCUT2D eigenvalue weighted by atomic mass is 10.1. The van der Waals surface area contributed by atoms with E-state index in [1.807, 2.05) is 60.7 Å². The average molecular weight is 1100 g/mol. The highest BCUT2D eigenvalue weighted by atomic mass is 79.9. The first-order valence-electron chi connectivity index (χ1n) is 21.7. The number of fused-ring (bicyclic) bond motifs is 6. The zero-order valence-corrected chi connectivity index (χ0v) is 40.9. The summed E-state index contributed by atoms with van der Waals surface area (Å²) in [5.41, 5.74) is 2.93. The number of carbonyl (C=O) groups excluding carboxylic acids is 4. The van der Waals surface area contributed by atoms with E-state index in [1.165, 1.54) is 28.1 Å². The van der Waals surface area contributed by atoms with Gasteiger partial charge in [-0.15, -0.1) is 0 Å². The van der Waals surface area contributed by atoms with Gasteiger partial charge in [-0.05, 0) is 79.4 Å². The molecule has 0 radical (unpaired) electrons. The summed E-state index contributed by atoms with van der Waals surface area (Å²) in [6, 6.07) is 28.6. The fourth-order valence-electron chi connectivity index (χ4n) is 9.15. The van der Waals surface area contributed by atoms with Crippen molar-refractivity contribution in [3.63, 3.8) is 0 Å². The maximum atomic E-state index is 14.8. The molecule has 20 heteroatoms. The van der Waals surface area contributed by atoms with Crippen molar-refractivity contribution in [2.45, 2.75) is 64.7 Å². The predicted octanol–water partition coefficient (Wildman–Crippen LogP) is 7.68. The highest BCUT2D eigenvalue weighted by molar-refractivity contribution is 9.10. The summed E-state index contributed by atoms with van der Waals surface area (Å²) >= 11 is 18.9. The molecule has 0 aliphatic carbocycles. The molecule has 0 unspecified atom stereocenters. The molecule has 4 aliphatic heterocycles. The number of hydrogen-bond acceptors (Lipinski definition) is 6. The van der Waals surface area contributed by atoms with Crippen LogP contribution in [-0.4, -0.2) is 100 Å². The van der Waals surface area contributed by atoms with Gasteiger partial charge in [0.15, 0.2) is 0 Å². The van der Waals surface area contributed by atoms with Gasteiger partial charge in [0.2, 0.25) is 0 Å². The van der Waals surface area contributed by atoms with Gasteiger partial charge in [0.25, 0.3) is 23.6 Å². The van der Waals surface area contributed by atoms with Gasteiger partial charge in [-0.1, -0.05) is 83.9 Å². The van der Waals surface area contributed by atoms with E-state index in [4.69, 9.17) is 23.2 Å². The van der Waals surface area contributed by atoms with Crippen LogP contribution in [0.15, 0.2) is 116 Å². The first-order valence-corrected chi connectivity index (χ1v) is 24.1. The molecule has 0 bridgehead atoms. The zero-order chi connectivity index (χ0) is 48.0. The number of halogens is 6. The Kier molecular flexibility index (Phi) is 13.7. The lowest BCUT2D eigenvalue weighted by molar-refractivity contribution is 0.0676. The maximum absolute atomic E-state index is 14.8. The maximum Gasteiger partial charge on any atom is 0.329 e. The summed E-state index contributed by atoms with van der Waals surface area (Å²) < 4.78 is 36.5. The Morgan fingerprint density at radius 1 is 0.544 bits per heavy atom. The van der Waals surface area contributed by atoms with Crippen molar-refractivity contribution >= 4 is 78.7 Å². The molecule has 6 aromatic rings. The molecule has 0 N–H and O–H groups in total. The fourth-order valence-corrected chi connectivity index (χ4v) is 10.0. The molecule has 0 saturated heterocycles. The number of rotatable bonds is 6. The molecule has 2 atom stereocenters. The van der Waals surface area contributed by atoms with Gasteiger partial charge in [-0.25, -0.2) is 18.4 Å². The molecular weight excluding hydrogens is 1050 g/mol. The van der Waals surface area contributed by atoms with E-state index in [0.717, 1.165) is 11.1 Å². The van der Waals surface area contributed by atoms with E-state index >= 15 is 0 Å². The molecule has 14 nitrogen and oxygen atoms in total. The van der Waals surface area contributed by atoms with E-state index in [2.05, 4.69) is 31.9 Å². The van der Waals surface area contributed by atoms with Gasteiger partial charge in [-0.2, -0.15) is 0 Å². The minimum absolute atomic E-state index is 0. The molecule has 6 heterocycles. The molecule has 4 aromatic carbocycles. The number of benzene rings is 4.